The maximum Gasteiger partial charge on any atom is 0.197 e. The van der Waals surface area contributed by atoms with Crippen molar-refractivity contribution in [1.29, 1.82) is 0 Å². The summed E-state index contributed by atoms with van der Waals surface area (Å²) in [6.45, 7) is 0.587. The van der Waals surface area contributed by atoms with Gasteiger partial charge in [-0.15, -0.1) is 0 Å². The van der Waals surface area contributed by atoms with E-state index in [0.717, 1.165) is 12.1 Å². The zero-order valence-electron chi connectivity index (χ0n) is 22.8. The summed E-state index contributed by atoms with van der Waals surface area (Å²) in [5.41, 5.74) is -1.16. The van der Waals surface area contributed by atoms with E-state index < -0.39 is 95.7 Å². The van der Waals surface area contributed by atoms with Gasteiger partial charge in [-0.05, 0) is 25.1 Å². The molecule has 2 aliphatic rings. The lowest BCUT2D eigenvalue weighted by atomic mass is 9.89. The van der Waals surface area contributed by atoms with Crippen LogP contribution in [0, 0.1) is 0 Å². The van der Waals surface area contributed by atoms with E-state index in [9.17, 15) is 50.8 Å². The van der Waals surface area contributed by atoms with Gasteiger partial charge in [0.05, 0.1) is 25.4 Å². The van der Waals surface area contributed by atoms with Crippen LogP contribution in [-0.4, -0.2) is 115 Å². The number of methoxy groups -OCH3 is 1. The maximum atomic E-state index is 13.3. The van der Waals surface area contributed by atoms with Crippen molar-refractivity contribution in [2.75, 3.05) is 13.7 Å². The molecule has 0 saturated carbocycles. The van der Waals surface area contributed by atoms with E-state index in [4.69, 9.17) is 23.4 Å². The van der Waals surface area contributed by atoms with Crippen molar-refractivity contribution in [3.8, 4) is 34.3 Å². The second-order valence-corrected chi connectivity index (χ2v) is 10.4. The average molecular weight is 609 g/mol. The van der Waals surface area contributed by atoms with Crippen molar-refractivity contribution in [3.05, 3.63) is 46.1 Å². The molecule has 1 aromatic heterocycles. The fourth-order valence-electron chi connectivity index (χ4n) is 5.31. The summed E-state index contributed by atoms with van der Waals surface area (Å²) >= 11 is 0. The van der Waals surface area contributed by atoms with Crippen LogP contribution < -0.4 is 10.2 Å². The molecule has 15 heteroatoms. The lowest BCUT2D eigenvalue weighted by molar-refractivity contribution is -0.338. The van der Waals surface area contributed by atoms with Crippen LogP contribution >= 0.6 is 0 Å². The van der Waals surface area contributed by atoms with E-state index >= 15 is 0 Å². The monoisotopic (exact) mass is 608 g/mol. The third kappa shape index (κ3) is 5.39. The summed E-state index contributed by atoms with van der Waals surface area (Å²) in [5, 5.41) is 93.7. The van der Waals surface area contributed by atoms with E-state index in [0.29, 0.717) is 5.56 Å². The van der Waals surface area contributed by atoms with E-state index in [1.165, 1.54) is 32.2 Å². The third-order valence-electron chi connectivity index (χ3n) is 7.73. The number of hydrogen-bond acceptors (Lipinski definition) is 15. The topological polar surface area (TPSA) is 249 Å². The zero-order valence-corrected chi connectivity index (χ0v) is 22.8. The van der Waals surface area contributed by atoms with Crippen molar-refractivity contribution >= 4 is 11.0 Å². The van der Waals surface area contributed by atoms with Crippen LogP contribution in [-0.2, 0) is 14.2 Å². The fraction of sp³-hybridized carbons (Fsp3) is 0.464. The predicted octanol–water partition coefficient (Wildman–Crippen LogP) is -1.05. The lowest BCUT2D eigenvalue weighted by Gasteiger charge is -2.46. The van der Waals surface area contributed by atoms with Gasteiger partial charge in [-0.25, -0.2) is 0 Å². The van der Waals surface area contributed by atoms with Crippen molar-refractivity contribution < 1.29 is 69.3 Å². The highest BCUT2D eigenvalue weighted by molar-refractivity contribution is 5.88. The second-order valence-electron chi connectivity index (χ2n) is 10.4. The minimum atomic E-state index is -1.87. The number of rotatable bonds is 6. The number of fused-ring (bicyclic) bond motifs is 1. The highest BCUT2D eigenvalue weighted by Crippen LogP contribution is 2.46. The molecule has 0 radical (unpaired) electrons. The SMILES string of the molecule is COc1cc(-c2cc(=O)c3c(O)c([C@@H]4O[C@@H](CO)[C@@H](O)[C@H](O)[C@@H]4O[C@@H]4O[C@@H](C)[C@H](O)[C@H](O)[C@H]4O)c(O)cc3o2)ccc1O. The average Bonchev–Trinajstić information content (AvgIpc) is 2.97. The smallest absolute Gasteiger partial charge is 0.197 e. The van der Waals surface area contributed by atoms with Crippen LogP contribution in [0.1, 0.15) is 18.6 Å². The highest BCUT2D eigenvalue weighted by atomic mass is 16.7. The first-order chi connectivity index (χ1) is 20.4. The first-order valence-corrected chi connectivity index (χ1v) is 13.3. The van der Waals surface area contributed by atoms with Crippen molar-refractivity contribution in [2.45, 2.75) is 68.1 Å². The van der Waals surface area contributed by atoms with Crippen molar-refractivity contribution in [2.24, 2.45) is 0 Å². The number of hydrogen-bond donors (Lipinski definition) is 9. The Kier molecular flexibility index (Phi) is 8.54. The molecule has 2 fully saturated rings. The Morgan fingerprint density at radius 1 is 0.860 bits per heavy atom. The zero-order chi connectivity index (χ0) is 31.3. The molecular weight excluding hydrogens is 576 g/mol. The number of phenolic OH excluding ortho intramolecular Hbond substituents is 3. The Morgan fingerprint density at radius 2 is 1.58 bits per heavy atom. The van der Waals surface area contributed by atoms with Crippen molar-refractivity contribution in [1.82, 2.24) is 0 Å². The van der Waals surface area contributed by atoms with Gasteiger partial charge in [-0.3, -0.25) is 4.79 Å². The first kappa shape index (κ1) is 30.9. The molecule has 0 amide bonds. The van der Waals surface area contributed by atoms with Crippen molar-refractivity contribution in [3.63, 3.8) is 0 Å². The molecule has 43 heavy (non-hydrogen) atoms. The Balaban J connectivity index is 1.59. The molecule has 3 aromatic rings. The van der Waals surface area contributed by atoms with Crippen LogP contribution in [0.15, 0.2) is 39.5 Å². The standard InChI is InChI=1S/C28H32O15/c1-9-20(33)23(36)25(38)28(40-9)43-27-24(37)21(34)17(8-29)42-26(27)19-13(32)7-16-18(22(19)35)12(31)6-14(41-16)10-3-4-11(30)15(5-10)39-2/h3-7,9,17,20-21,23-30,32-38H,8H2,1-2H3/t9-,17-,20-,21+,23-,24-,25+,26-,27-,28-/m0/s1. The summed E-state index contributed by atoms with van der Waals surface area (Å²) in [6, 6.07) is 6.24. The normalized spacial score (nSPS) is 33.0. The quantitative estimate of drug-likeness (QED) is 0.162. The summed E-state index contributed by atoms with van der Waals surface area (Å²) in [5.74, 6) is -1.56. The molecule has 0 bridgehead atoms. The van der Waals surface area contributed by atoms with Gasteiger partial charge in [0.25, 0.3) is 0 Å². The molecular formula is C28H32O15. The minimum absolute atomic E-state index is 0.00895. The molecule has 2 aliphatic heterocycles. The van der Waals surface area contributed by atoms with Crippen LogP contribution in [0.25, 0.3) is 22.3 Å². The number of benzene rings is 2. The van der Waals surface area contributed by atoms with Crippen LogP contribution in [0.2, 0.25) is 0 Å². The molecule has 2 saturated heterocycles. The lowest BCUT2D eigenvalue weighted by Crippen LogP contribution is -2.61. The molecule has 10 atom stereocenters. The molecule has 0 spiro atoms. The summed E-state index contributed by atoms with van der Waals surface area (Å²) in [7, 11) is 1.34. The van der Waals surface area contributed by atoms with E-state index in [-0.39, 0.29) is 22.8 Å². The highest BCUT2D eigenvalue weighted by Gasteiger charge is 2.51. The van der Waals surface area contributed by atoms with Gasteiger partial charge in [0.15, 0.2) is 23.2 Å². The number of aromatic hydroxyl groups is 3. The number of phenols is 3. The molecule has 3 heterocycles. The van der Waals surface area contributed by atoms with E-state index in [1.807, 2.05) is 0 Å². The van der Waals surface area contributed by atoms with E-state index in [1.54, 1.807) is 0 Å². The molecule has 15 nitrogen and oxygen atoms in total. The maximum absolute atomic E-state index is 13.3. The molecule has 234 valence electrons. The van der Waals surface area contributed by atoms with Gasteiger partial charge in [0.2, 0.25) is 0 Å². The Labute approximate surface area is 242 Å². The predicted molar refractivity (Wildman–Crippen MR) is 143 cm³/mol. The summed E-state index contributed by atoms with van der Waals surface area (Å²) in [4.78, 5) is 13.3. The summed E-state index contributed by atoms with van der Waals surface area (Å²) < 4.78 is 27.8. The van der Waals surface area contributed by atoms with Gasteiger partial charge < -0.3 is 69.3 Å². The van der Waals surface area contributed by atoms with E-state index in [2.05, 4.69) is 0 Å². The van der Waals surface area contributed by atoms with Gasteiger partial charge in [0, 0.05) is 17.7 Å². The summed E-state index contributed by atoms with van der Waals surface area (Å²) in [6.07, 6.45) is -16.2. The number of aliphatic hydroxyl groups excluding tert-OH is 6. The van der Waals surface area contributed by atoms with Gasteiger partial charge in [-0.2, -0.15) is 0 Å². The van der Waals surface area contributed by atoms with Crippen LogP contribution in [0.4, 0.5) is 0 Å². The first-order valence-electron chi connectivity index (χ1n) is 13.3. The van der Waals surface area contributed by atoms with Gasteiger partial charge in [-0.1, -0.05) is 0 Å². The Hall–Kier alpha value is -3.51. The second kappa shape index (κ2) is 11.9. The number of ether oxygens (including phenoxy) is 4. The largest absolute Gasteiger partial charge is 0.507 e. The van der Waals surface area contributed by atoms with Crippen LogP contribution in [0.3, 0.4) is 0 Å². The molecule has 5 rings (SSSR count). The molecule has 0 aliphatic carbocycles. The van der Waals surface area contributed by atoms with Crippen LogP contribution in [0.5, 0.6) is 23.0 Å². The Morgan fingerprint density at radius 3 is 2.26 bits per heavy atom. The molecule has 2 aromatic carbocycles. The minimum Gasteiger partial charge on any atom is -0.507 e. The third-order valence-corrected chi connectivity index (χ3v) is 7.73. The Bertz CT molecular complexity index is 1540. The van der Waals surface area contributed by atoms with Gasteiger partial charge >= 0.3 is 0 Å². The van der Waals surface area contributed by atoms with Gasteiger partial charge in [0.1, 0.15) is 77.1 Å². The fourth-order valence-corrected chi connectivity index (χ4v) is 5.31. The molecule has 9 N–H and O–H groups in total. The molecule has 0 unspecified atom stereocenters. The number of aliphatic hydroxyl groups is 6.